The van der Waals surface area contributed by atoms with Crippen LogP contribution in [0.3, 0.4) is 0 Å². The van der Waals surface area contributed by atoms with Crippen molar-refractivity contribution in [3.05, 3.63) is 77.2 Å². The largest absolute Gasteiger partial charge is 0.495 e. The molecular formula is C31H27Cl2N5O5. The highest BCUT2D eigenvalue weighted by Crippen LogP contribution is 2.47. The molecular weight excluding hydrogens is 593 g/mol. The topological polar surface area (TPSA) is 109 Å². The van der Waals surface area contributed by atoms with Gasteiger partial charge in [-0.3, -0.25) is 9.20 Å². The smallest absolute Gasteiger partial charge is 0.229 e. The van der Waals surface area contributed by atoms with E-state index in [1.165, 1.54) is 20.3 Å². The minimum Gasteiger partial charge on any atom is -0.495 e. The Balaban J connectivity index is 1.40. The number of aromatic nitrogens is 4. The number of nitrogens with zero attached hydrogens (tertiary/aromatic N) is 4. The van der Waals surface area contributed by atoms with Crippen LogP contribution < -0.4 is 19.5 Å². The molecule has 0 unspecified atom stereocenters. The summed E-state index contributed by atoms with van der Waals surface area (Å²) in [6, 6.07) is 9.05. The number of hydrogen-bond donors (Lipinski definition) is 1. The summed E-state index contributed by atoms with van der Waals surface area (Å²) in [6.07, 6.45) is 7.40. The van der Waals surface area contributed by atoms with Crippen LogP contribution in [0.2, 0.25) is 10.0 Å². The SMILES string of the molecule is C=CC(=O)Cc1cc(O[C@@H]2CCOC2)ccc1Nc1ncc2cc(-c3c(Cl)c(OC)cc(OC)c3Cl)c3nccn3c2n1. The van der Waals surface area contributed by atoms with E-state index < -0.39 is 0 Å². The Morgan fingerprint density at radius 1 is 1.14 bits per heavy atom. The van der Waals surface area contributed by atoms with Gasteiger partial charge in [-0.2, -0.15) is 4.98 Å². The zero-order valence-corrected chi connectivity index (χ0v) is 24.9. The maximum absolute atomic E-state index is 12.3. The van der Waals surface area contributed by atoms with Gasteiger partial charge in [0, 0.05) is 59.7 Å². The molecule has 1 saturated heterocycles. The Bertz CT molecular complexity index is 1840. The summed E-state index contributed by atoms with van der Waals surface area (Å²) in [5, 5.41) is 4.63. The summed E-state index contributed by atoms with van der Waals surface area (Å²) in [5.74, 6) is 1.70. The van der Waals surface area contributed by atoms with Crippen LogP contribution in [0.1, 0.15) is 12.0 Å². The van der Waals surface area contributed by atoms with Crippen LogP contribution in [0.4, 0.5) is 11.6 Å². The van der Waals surface area contributed by atoms with Crippen molar-refractivity contribution in [3.63, 3.8) is 0 Å². The van der Waals surface area contributed by atoms with Gasteiger partial charge in [0.2, 0.25) is 5.95 Å². The van der Waals surface area contributed by atoms with Crippen molar-refractivity contribution in [2.75, 3.05) is 32.8 Å². The van der Waals surface area contributed by atoms with E-state index in [1.54, 1.807) is 24.7 Å². The number of nitrogens with one attached hydrogen (secondary N) is 1. The Morgan fingerprint density at radius 3 is 2.63 bits per heavy atom. The molecule has 0 saturated carbocycles. The van der Waals surface area contributed by atoms with E-state index >= 15 is 0 Å². The van der Waals surface area contributed by atoms with Gasteiger partial charge in [0.05, 0.1) is 37.5 Å². The lowest BCUT2D eigenvalue weighted by atomic mass is 10.0. The van der Waals surface area contributed by atoms with Crippen molar-refractivity contribution in [2.45, 2.75) is 18.9 Å². The summed E-state index contributed by atoms with van der Waals surface area (Å²) in [5.41, 5.74) is 3.74. The normalized spacial score (nSPS) is 14.7. The lowest BCUT2D eigenvalue weighted by Gasteiger charge is -2.17. The Labute approximate surface area is 257 Å². The van der Waals surface area contributed by atoms with Crippen molar-refractivity contribution in [1.29, 1.82) is 0 Å². The number of rotatable bonds is 10. The molecule has 43 heavy (non-hydrogen) atoms. The van der Waals surface area contributed by atoms with E-state index in [2.05, 4.69) is 21.9 Å². The number of anilines is 2. The Kier molecular flexibility index (Phi) is 8.07. The quantitative estimate of drug-likeness (QED) is 0.176. The molecule has 1 atom stereocenters. The van der Waals surface area contributed by atoms with Crippen LogP contribution in [0.25, 0.3) is 27.8 Å². The predicted molar refractivity (Wildman–Crippen MR) is 165 cm³/mol. The van der Waals surface area contributed by atoms with Gasteiger partial charge in [-0.25, -0.2) is 9.97 Å². The standard InChI is InChI=1S/C31H27Cl2N5O5/c1-4-19(39)11-17-12-20(43-21-7-10-42-16-21)5-6-23(17)36-31-35-15-18-13-22(30-34-8-9-38(30)29(18)37-31)26-27(32)24(40-2)14-25(41-3)28(26)33/h4-6,8-9,12-15,21H,1,7,10-11,16H2,2-3H3,(H,35,36,37)/t21-/m1/s1. The van der Waals surface area contributed by atoms with E-state index in [1.807, 2.05) is 28.7 Å². The van der Waals surface area contributed by atoms with Gasteiger partial charge in [0.25, 0.3) is 0 Å². The van der Waals surface area contributed by atoms with E-state index in [0.717, 1.165) is 12.0 Å². The number of ketones is 1. The first-order valence-corrected chi connectivity index (χ1v) is 14.2. The maximum Gasteiger partial charge on any atom is 0.229 e. The molecule has 1 aliphatic heterocycles. The number of ether oxygens (including phenoxy) is 4. The van der Waals surface area contributed by atoms with Crippen LogP contribution in [-0.2, 0) is 16.0 Å². The predicted octanol–water partition coefficient (Wildman–Crippen LogP) is 6.48. The third-order valence-corrected chi connectivity index (χ3v) is 7.91. The van der Waals surface area contributed by atoms with Crippen molar-refractivity contribution in [1.82, 2.24) is 19.4 Å². The molecule has 5 aromatic rings. The van der Waals surface area contributed by atoms with E-state index in [9.17, 15) is 4.79 Å². The number of carbonyl (C=O) groups is 1. The molecule has 1 N–H and O–H groups in total. The van der Waals surface area contributed by atoms with Crippen molar-refractivity contribution < 1.29 is 23.7 Å². The fourth-order valence-electron chi connectivity index (χ4n) is 5.03. The molecule has 0 bridgehead atoms. The highest BCUT2D eigenvalue weighted by atomic mass is 35.5. The number of pyridine rings is 1. The molecule has 1 fully saturated rings. The maximum atomic E-state index is 12.3. The molecule has 2 aromatic carbocycles. The molecule has 0 aliphatic carbocycles. The first-order chi connectivity index (χ1) is 20.9. The number of carbonyl (C=O) groups excluding carboxylic acids is 1. The minimum absolute atomic E-state index is 0.0177. The molecule has 4 heterocycles. The fraction of sp³-hybridized carbons (Fsp3) is 0.226. The van der Waals surface area contributed by atoms with Crippen LogP contribution in [0.5, 0.6) is 17.2 Å². The van der Waals surface area contributed by atoms with Gasteiger partial charge < -0.3 is 24.3 Å². The second-order valence-electron chi connectivity index (χ2n) is 9.83. The Hall–Kier alpha value is -4.38. The Morgan fingerprint density at radius 2 is 1.93 bits per heavy atom. The molecule has 0 amide bonds. The zero-order valence-electron chi connectivity index (χ0n) is 23.4. The molecule has 220 valence electrons. The lowest BCUT2D eigenvalue weighted by Crippen LogP contribution is -2.16. The number of allylic oxidation sites excluding steroid dienone is 1. The average Bonchev–Trinajstić information content (AvgIpc) is 3.72. The van der Waals surface area contributed by atoms with E-state index in [-0.39, 0.29) is 18.3 Å². The number of fused-ring (bicyclic) bond motifs is 3. The fourth-order valence-corrected chi connectivity index (χ4v) is 5.73. The van der Waals surface area contributed by atoms with Gasteiger partial charge in [0.15, 0.2) is 11.4 Å². The average molecular weight is 620 g/mol. The molecule has 3 aromatic heterocycles. The van der Waals surface area contributed by atoms with Gasteiger partial charge in [-0.05, 0) is 35.9 Å². The molecule has 6 rings (SSSR count). The number of imidazole rings is 1. The van der Waals surface area contributed by atoms with Gasteiger partial charge in [-0.15, -0.1) is 0 Å². The summed E-state index contributed by atoms with van der Waals surface area (Å²) >= 11 is 13.5. The molecule has 10 nitrogen and oxygen atoms in total. The third-order valence-electron chi connectivity index (χ3n) is 7.15. The first-order valence-electron chi connectivity index (χ1n) is 13.4. The zero-order chi connectivity index (χ0) is 30.1. The van der Waals surface area contributed by atoms with Crippen LogP contribution in [-0.4, -0.2) is 58.7 Å². The number of halogens is 2. The highest BCUT2D eigenvalue weighted by Gasteiger charge is 2.23. The molecule has 12 heteroatoms. The number of methoxy groups -OCH3 is 2. The van der Waals surface area contributed by atoms with E-state index in [4.69, 9.17) is 47.1 Å². The minimum atomic E-state index is -0.122. The summed E-state index contributed by atoms with van der Waals surface area (Å²) in [6.45, 7) is 4.82. The molecule has 0 spiro atoms. The van der Waals surface area contributed by atoms with Gasteiger partial charge in [-0.1, -0.05) is 29.8 Å². The molecule has 0 radical (unpaired) electrons. The summed E-state index contributed by atoms with van der Waals surface area (Å²) in [4.78, 5) is 26.3. The van der Waals surface area contributed by atoms with Gasteiger partial charge in [0.1, 0.15) is 29.0 Å². The van der Waals surface area contributed by atoms with Crippen LogP contribution in [0, 0.1) is 0 Å². The monoisotopic (exact) mass is 619 g/mol. The van der Waals surface area contributed by atoms with Crippen molar-refractivity contribution in [3.8, 4) is 28.4 Å². The van der Waals surface area contributed by atoms with E-state index in [0.29, 0.717) is 80.0 Å². The summed E-state index contributed by atoms with van der Waals surface area (Å²) < 4.78 is 24.2. The summed E-state index contributed by atoms with van der Waals surface area (Å²) in [7, 11) is 3.05. The third kappa shape index (κ3) is 5.56. The number of benzene rings is 2. The second kappa shape index (κ2) is 12.1. The van der Waals surface area contributed by atoms with Gasteiger partial charge >= 0.3 is 0 Å². The number of hydrogen-bond acceptors (Lipinski definition) is 9. The van der Waals surface area contributed by atoms with Crippen LogP contribution in [0.15, 0.2) is 61.6 Å². The first kappa shape index (κ1) is 28.7. The lowest BCUT2D eigenvalue weighted by molar-refractivity contribution is -0.114. The highest BCUT2D eigenvalue weighted by molar-refractivity contribution is 6.41. The van der Waals surface area contributed by atoms with Crippen LogP contribution >= 0.6 is 23.2 Å². The van der Waals surface area contributed by atoms with Crippen molar-refractivity contribution >= 4 is 57.3 Å². The molecule has 1 aliphatic rings. The van der Waals surface area contributed by atoms with Crippen molar-refractivity contribution in [2.24, 2.45) is 0 Å². The second-order valence-corrected chi connectivity index (χ2v) is 10.6.